The Morgan fingerprint density at radius 2 is 2.29 bits per heavy atom. The van der Waals surface area contributed by atoms with E-state index in [0.717, 1.165) is 12.8 Å². The van der Waals surface area contributed by atoms with Crippen molar-refractivity contribution in [2.24, 2.45) is 5.92 Å². The Hall–Kier alpha value is -2.66. The maximum absolute atomic E-state index is 12.4. The number of terminal acetylenes is 1. The summed E-state index contributed by atoms with van der Waals surface area (Å²) in [5.41, 5.74) is 1.27. The van der Waals surface area contributed by atoms with E-state index >= 15 is 0 Å². The Morgan fingerprint density at radius 1 is 1.50 bits per heavy atom. The third kappa shape index (κ3) is 3.46. The molecule has 0 spiro atoms. The minimum Gasteiger partial charge on any atom is -0.381 e. The average molecular weight is 328 g/mol. The zero-order valence-corrected chi connectivity index (χ0v) is 13.5. The first-order valence-electron chi connectivity index (χ1n) is 7.87. The minimum absolute atomic E-state index is 0.141. The van der Waals surface area contributed by atoms with Crippen LogP contribution < -0.4 is 10.2 Å². The van der Waals surface area contributed by atoms with Gasteiger partial charge in [0.15, 0.2) is 11.5 Å². The number of likely N-dealkylation sites (N-methyl/N-ethyl adjacent to an activating group) is 1. The Morgan fingerprint density at radius 3 is 3.04 bits per heavy atom. The van der Waals surface area contributed by atoms with Gasteiger partial charge >= 0.3 is 0 Å². The van der Waals surface area contributed by atoms with E-state index in [4.69, 9.17) is 11.2 Å². The third-order valence-corrected chi connectivity index (χ3v) is 4.18. The molecule has 2 aromatic rings. The Kier molecular flexibility index (Phi) is 4.91. The lowest BCUT2D eigenvalue weighted by Gasteiger charge is -2.28. The molecule has 24 heavy (non-hydrogen) atoms. The highest BCUT2D eigenvalue weighted by Crippen LogP contribution is 2.19. The topological polar surface area (TPSA) is 96.0 Å². The smallest absolute Gasteiger partial charge is 0.240 e. The van der Waals surface area contributed by atoms with Crippen LogP contribution in [0.5, 0.6) is 0 Å². The molecule has 1 fully saturated rings. The number of amides is 1. The van der Waals surface area contributed by atoms with Crippen LogP contribution in [0.3, 0.4) is 0 Å². The zero-order valence-electron chi connectivity index (χ0n) is 13.5. The van der Waals surface area contributed by atoms with E-state index in [0.29, 0.717) is 30.2 Å². The maximum atomic E-state index is 12.4. The van der Waals surface area contributed by atoms with Crippen molar-refractivity contribution in [1.82, 2.24) is 25.3 Å². The number of aromatic nitrogens is 4. The standard InChI is InChI=1S/C16H20N6O2/c1-3-12(11-4-6-24-7-5-11)21-13(23)8-22(2)16-14-15(18-9-17-14)19-10-20-16/h1,9-12H,4-8H2,2H3,(H,21,23)(H,17,18,19,20)/t12-/m1/s1. The molecule has 8 heteroatoms. The summed E-state index contributed by atoms with van der Waals surface area (Å²) >= 11 is 0. The van der Waals surface area contributed by atoms with Crippen LogP contribution in [0.1, 0.15) is 12.8 Å². The molecule has 2 aromatic heterocycles. The van der Waals surface area contributed by atoms with Crippen LogP contribution in [0.25, 0.3) is 11.2 Å². The molecule has 126 valence electrons. The number of hydrogen-bond donors (Lipinski definition) is 2. The quantitative estimate of drug-likeness (QED) is 0.768. The number of ether oxygens (including phenoxy) is 1. The SMILES string of the molecule is C#C[C@@H](NC(=O)CN(C)c1ncnc2nc[nH]c12)C1CCOCC1. The summed E-state index contributed by atoms with van der Waals surface area (Å²) in [4.78, 5) is 29.5. The van der Waals surface area contributed by atoms with Gasteiger partial charge in [-0.3, -0.25) is 4.79 Å². The second-order valence-electron chi connectivity index (χ2n) is 5.82. The van der Waals surface area contributed by atoms with Gasteiger partial charge in [-0.1, -0.05) is 5.92 Å². The van der Waals surface area contributed by atoms with Crippen molar-refractivity contribution in [3.8, 4) is 12.3 Å². The second kappa shape index (κ2) is 7.27. The van der Waals surface area contributed by atoms with Crippen LogP contribution in [0.2, 0.25) is 0 Å². The molecular weight excluding hydrogens is 308 g/mol. The number of aromatic amines is 1. The summed E-state index contributed by atoms with van der Waals surface area (Å²) in [6, 6.07) is -0.271. The molecule has 1 aliphatic heterocycles. The molecule has 1 amide bonds. The highest BCUT2D eigenvalue weighted by Gasteiger charge is 2.24. The van der Waals surface area contributed by atoms with E-state index in [1.165, 1.54) is 6.33 Å². The molecular formula is C16H20N6O2. The number of carbonyl (C=O) groups excluding carboxylic acids is 1. The number of rotatable bonds is 5. The molecule has 0 unspecified atom stereocenters. The zero-order chi connectivity index (χ0) is 16.9. The number of carbonyl (C=O) groups is 1. The van der Waals surface area contributed by atoms with Crippen molar-refractivity contribution in [2.75, 3.05) is 31.7 Å². The van der Waals surface area contributed by atoms with Crippen LogP contribution in [0.4, 0.5) is 5.82 Å². The van der Waals surface area contributed by atoms with Crippen LogP contribution >= 0.6 is 0 Å². The average Bonchev–Trinajstić information content (AvgIpc) is 3.09. The molecule has 1 aliphatic rings. The van der Waals surface area contributed by atoms with Gasteiger partial charge in [-0.25, -0.2) is 15.0 Å². The van der Waals surface area contributed by atoms with E-state index in [-0.39, 0.29) is 24.4 Å². The Balaban J connectivity index is 1.63. The molecule has 1 saturated heterocycles. The fourth-order valence-corrected chi connectivity index (χ4v) is 2.90. The molecule has 3 rings (SSSR count). The van der Waals surface area contributed by atoms with Gasteiger partial charge in [0.25, 0.3) is 0 Å². The van der Waals surface area contributed by atoms with E-state index in [9.17, 15) is 4.79 Å². The van der Waals surface area contributed by atoms with E-state index in [2.05, 4.69) is 31.2 Å². The van der Waals surface area contributed by atoms with Crippen LogP contribution in [0, 0.1) is 18.3 Å². The summed E-state index contributed by atoms with van der Waals surface area (Å²) in [6.45, 7) is 1.53. The highest BCUT2D eigenvalue weighted by molar-refractivity contribution is 5.87. The predicted molar refractivity (Wildman–Crippen MR) is 89.3 cm³/mol. The summed E-state index contributed by atoms with van der Waals surface area (Å²) in [7, 11) is 1.79. The van der Waals surface area contributed by atoms with Crippen LogP contribution in [-0.4, -0.2) is 58.7 Å². The second-order valence-corrected chi connectivity index (χ2v) is 5.82. The van der Waals surface area contributed by atoms with Gasteiger partial charge in [0.05, 0.1) is 18.9 Å². The monoisotopic (exact) mass is 328 g/mol. The van der Waals surface area contributed by atoms with Gasteiger partial charge in [-0.15, -0.1) is 6.42 Å². The van der Waals surface area contributed by atoms with Gasteiger partial charge in [0.2, 0.25) is 5.91 Å². The fraction of sp³-hybridized carbons (Fsp3) is 0.500. The largest absolute Gasteiger partial charge is 0.381 e. The lowest BCUT2D eigenvalue weighted by atomic mass is 9.92. The lowest BCUT2D eigenvalue weighted by Crippen LogP contribution is -2.45. The van der Waals surface area contributed by atoms with E-state index in [1.807, 2.05) is 0 Å². The predicted octanol–water partition coefficient (Wildman–Crippen LogP) is 0.334. The highest BCUT2D eigenvalue weighted by atomic mass is 16.5. The lowest BCUT2D eigenvalue weighted by molar-refractivity contribution is -0.120. The van der Waals surface area contributed by atoms with Gasteiger partial charge in [0.1, 0.15) is 11.8 Å². The minimum atomic E-state index is -0.271. The van der Waals surface area contributed by atoms with Crippen molar-refractivity contribution in [1.29, 1.82) is 0 Å². The molecule has 3 heterocycles. The van der Waals surface area contributed by atoms with Crippen molar-refractivity contribution >= 4 is 22.9 Å². The molecule has 0 bridgehead atoms. The third-order valence-electron chi connectivity index (χ3n) is 4.18. The molecule has 0 radical (unpaired) electrons. The van der Waals surface area contributed by atoms with Gasteiger partial charge in [0, 0.05) is 20.3 Å². The number of H-pyrrole nitrogens is 1. The number of imidazole rings is 1. The summed E-state index contributed by atoms with van der Waals surface area (Å²) < 4.78 is 5.34. The summed E-state index contributed by atoms with van der Waals surface area (Å²) in [6.07, 6.45) is 10.3. The first kappa shape index (κ1) is 16.2. The number of fused-ring (bicyclic) bond motifs is 1. The van der Waals surface area contributed by atoms with E-state index < -0.39 is 0 Å². The van der Waals surface area contributed by atoms with Crippen molar-refractivity contribution < 1.29 is 9.53 Å². The summed E-state index contributed by atoms with van der Waals surface area (Å²) in [5.74, 6) is 3.43. The molecule has 0 aromatic carbocycles. The van der Waals surface area contributed by atoms with Crippen molar-refractivity contribution in [3.05, 3.63) is 12.7 Å². The molecule has 2 N–H and O–H groups in total. The number of nitrogens with one attached hydrogen (secondary N) is 2. The number of nitrogens with zero attached hydrogens (tertiary/aromatic N) is 4. The Labute approximate surface area is 140 Å². The normalized spacial score (nSPS) is 16.5. The van der Waals surface area contributed by atoms with Gasteiger partial charge < -0.3 is 19.9 Å². The Bertz CT molecular complexity index is 746. The van der Waals surface area contributed by atoms with Gasteiger partial charge in [-0.2, -0.15) is 0 Å². The van der Waals surface area contributed by atoms with Crippen LogP contribution in [0.15, 0.2) is 12.7 Å². The first-order valence-corrected chi connectivity index (χ1v) is 7.87. The van der Waals surface area contributed by atoms with E-state index in [1.54, 1.807) is 18.3 Å². The molecule has 0 saturated carbocycles. The van der Waals surface area contributed by atoms with Crippen molar-refractivity contribution in [3.63, 3.8) is 0 Å². The number of anilines is 1. The first-order chi connectivity index (χ1) is 11.7. The molecule has 1 atom stereocenters. The fourth-order valence-electron chi connectivity index (χ4n) is 2.90. The summed E-state index contributed by atoms with van der Waals surface area (Å²) in [5, 5.41) is 2.94. The van der Waals surface area contributed by atoms with Gasteiger partial charge in [-0.05, 0) is 18.8 Å². The molecule has 0 aliphatic carbocycles. The molecule has 8 nitrogen and oxygen atoms in total. The maximum Gasteiger partial charge on any atom is 0.240 e. The van der Waals surface area contributed by atoms with Crippen LogP contribution in [-0.2, 0) is 9.53 Å². The number of hydrogen-bond acceptors (Lipinski definition) is 6. The van der Waals surface area contributed by atoms with Crippen molar-refractivity contribution in [2.45, 2.75) is 18.9 Å².